The van der Waals surface area contributed by atoms with E-state index in [-0.39, 0.29) is 12.1 Å². The second-order valence-electron chi connectivity index (χ2n) is 7.02. The number of aryl methyl sites for hydroxylation is 1. The number of thiophene rings is 1. The van der Waals surface area contributed by atoms with Crippen LogP contribution in [0.2, 0.25) is 0 Å². The molecule has 1 N–H and O–H groups in total. The molecule has 5 nitrogen and oxygen atoms in total. The van der Waals surface area contributed by atoms with Gasteiger partial charge in [0.15, 0.2) is 0 Å². The van der Waals surface area contributed by atoms with E-state index in [1.807, 2.05) is 32.0 Å². The van der Waals surface area contributed by atoms with Gasteiger partial charge in [0.05, 0.1) is 10.9 Å². The van der Waals surface area contributed by atoms with Gasteiger partial charge in [-0.25, -0.2) is 13.1 Å². The number of piperazine rings is 1. The molecule has 1 aromatic heterocycles. The van der Waals surface area contributed by atoms with Gasteiger partial charge in [-0.2, -0.15) is 0 Å². The van der Waals surface area contributed by atoms with Gasteiger partial charge >= 0.3 is 0 Å². The van der Waals surface area contributed by atoms with Gasteiger partial charge < -0.3 is 4.90 Å². The fraction of sp³-hybridized carbons (Fsp3) is 0.474. The van der Waals surface area contributed by atoms with Crippen molar-refractivity contribution in [2.45, 2.75) is 30.8 Å². The first-order valence-corrected chi connectivity index (χ1v) is 11.3. The summed E-state index contributed by atoms with van der Waals surface area (Å²) in [5, 5.41) is 2.06. The minimum atomic E-state index is -3.54. The lowest BCUT2D eigenvalue weighted by molar-refractivity contribution is 0.0994. The highest BCUT2D eigenvalue weighted by molar-refractivity contribution is 7.89. The molecule has 3 rings (SSSR count). The van der Waals surface area contributed by atoms with E-state index in [4.69, 9.17) is 0 Å². The van der Waals surface area contributed by atoms with Crippen LogP contribution in [0.1, 0.15) is 23.4 Å². The topological polar surface area (TPSA) is 52.7 Å². The monoisotopic (exact) mass is 393 g/mol. The highest BCUT2D eigenvalue weighted by Gasteiger charge is 2.31. The van der Waals surface area contributed by atoms with Crippen LogP contribution in [-0.4, -0.2) is 57.5 Å². The summed E-state index contributed by atoms with van der Waals surface area (Å²) in [6, 6.07) is 11.0. The molecule has 1 aliphatic heterocycles. The molecular formula is C19H27N3O2S2. The Morgan fingerprint density at radius 1 is 1.08 bits per heavy atom. The maximum absolute atomic E-state index is 12.8. The van der Waals surface area contributed by atoms with Crippen molar-refractivity contribution in [1.29, 1.82) is 0 Å². The first-order valence-electron chi connectivity index (χ1n) is 8.92. The van der Waals surface area contributed by atoms with Gasteiger partial charge in [0, 0.05) is 37.1 Å². The summed E-state index contributed by atoms with van der Waals surface area (Å²) < 4.78 is 28.6. The summed E-state index contributed by atoms with van der Waals surface area (Å²) in [5.74, 6) is 0. The Kier molecular flexibility index (Phi) is 6.14. The number of likely N-dealkylation sites (N-methyl/N-ethyl adjacent to an activating group) is 1. The number of nitrogens with zero attached hydrogens (tertiary/aromatic N) is 2. The van der Waals surface area contributed by atoms with E-state index in [9.17, 15) is 8.42 Å². The van der Waals surface area contributed by atoms with Gasteiger partial charge in [0.25, 0.3) is 0 Å². The van der Waals surface area contributed by atoms with Gasteiger partial charge in [-0.1, -0.05) is 23.8 Å². The molecule has 1 aliphatic rings. The highest BCUT2D eigenvalue weighted by atomic mass is 32.2. The molecule has 0 bridgehead atoms. The molecule has 142 valence electrons. The Bertz CT molecular complexity index is 796. The van der Waals surface area contributed by atoms with Gasteiger partial charge in [-0.05, 0) is 44.5 Å². The largest absolute Gasteiger partial charge is 0.304 e. The molecule has 2 aromatic rings. The van der Waals surface area contributed by atoms with Crippen molar-refractivity contribution in [2.75, 3.05) is 33.2 Å². The smallest absolute Gasteiger partial charge is 0.240 e. The van der Waals surface area contributed by atoms with Gasteiger partial charge in [-0.3, -0.25) is 4.90 Å². The molecule has 1 saturated heterocycles. The lowest BCUT2D eigenvalue weighted by Gasteiger charge is -2.40. The quantitative estimate of drug-likeness (QED) is 0.820. The molecule has 2 heterocycles. The maximum Gasteiger partial charge on any atom is 0.240 e. The van der Waals surface area contributed by atoms with Crippen molar-refractivity contribution in [2.24, 2.45) is 0 Å². The van der Waals surface area contributed by atoms with Crippen molar-refractivity contribution in [3.8, 4) is 0 Å². The van der Waals surface area contributed by atoms with Crippen molar-refractivity contribution in [1.82, 2.24) is 14.5 Å². The molecule has 0 saturated carbocycles. The standard InChI is InChI=1S/C19H27N3O2S2/c1-15-6-8-17(9-7-15)26(23,24)20-16(2)19(18-5-4-14-25-18)22-12-10-21(3)11-13-22/h4-9,14,16,19-20H,10-13H2,1-3H3/t16-,19-/m0/s1. The predicted octanol–water partition coefficient (Wildman–Crippen LogP) is 2.71. The molecule has 1 fully saturated rings. The fourth-order valence-electron chi connectivity index (χ4n) is 3.40. The maximum atomic E-state index is 12.8. The number of hydrogen-bond donors (Lipinski definition) is 1. The SMILES string of the molecule is Cc1ccc(S(=O)(=O)N[C@@H](C)[C@@H](c2cccs2)N2CCN(C)CC2)cc1. The lowest BCUT2D eigenvalue weighted by Crippen LogP contribution is -2.51. The number of nitrogens with one attached hydrogen (secondary N) is 1. The van der Waals surface area contributed by atoms with E-state index in [0.717, 1.165) is 31.7 Å². The second kappa shape index (κ2) is 8.19. The molecule has 1 aromatic carbocycles. The van der Waals surface area contributed by atoms with Crippen LogP contribution in [0.15, 0.2) is 46.7 Å². The third kappa shape index (κ3) is 4.53. The van der Waals surface area contributed by atoms with Gasteiger partial charge in [0.2, 0.25) is 10.0 Å². The minimum absolute atomic E-state index is 0.0453. The summed E-state index contributed by atoms with van der Waals surface area (Å²) >= 11 is 1.69. The third-order valence-corrected chi connectivity index (χ3v) is 7.43. The number of rotatable bonds is 6. The summed E-state index contributed by atoms with van der Waals surface area (Å²) in [7, 11) is -1.42. The van der Waals surface area contributed by atoms with Crippen LogP contribution >= 0.6 is 11.3 Å². The molecule has 0 spiro atoms. The average molecular weight is 394 g/mol. The zero-order valence-corrected chi connectivity index (χ0v) is 17.2. The molecular weight excluding hydrogens is 366 g/mol. The fourth-order valence-corrected chi connectivity index (χ4v) is 5.61. The van der Waals surface area contributed by atoms with E-state index >= 15 is 0 Å². The van der Waals surface area contributed by atoms with Crippen LogP contribution in [-0.2, 0) is 10.0 Å². The van der Waals surface area contributed by atoms with Crippen molar-refractivity contribution in [3.63, 3.8) is 0 Å². The summed E-state index contributed by atoms with van der Waals surface area (Å²) in [4.78, 5) is 6.23. The Morgan fingerprint density at radius 2 is 1.73 bits per heavy atom. The Morgan fingerprint density at radius 3 is 2.31 bits per heavy atom. The van der Waals surface area contributed by atoms with Crippen molar-refractivity contribution >= 4 is 21.4 Å². The summed E-state index contributed by atoms with van der Waals surface area (Å²) in [6.07, 6.45) is 0. The van der Waals surface area contributed by atoms with Crippen LogP contribution in [0.4, 0.5) is 0 Å². The van der Waals surface area contributed by atoms with Crippen LogP contribution in [0.25, 0.3) is 0 Å². The Hall–Kier alpha value is -1.25. The van der Waals surface area contributed by atoms with Crippen LogP contribution in [0.5, 0.6) is 0 Å². The van der Waals surface area contributed by atoms with Crippen LogP contribution < -0.4 is 4.72 Å². The van der Waals surface area contributed by atoms with Crippen molar-refractivity contribution in [3.05, 3.63) is 52.2 Å². The summed E-state index contributed by atoms with van der Waals surface area (Å²) in [5.41, 5.74) is 1.05. The third-order valence-electron chi connectivity index (χ3n) is 4.91. The van der Waals surface area contributed by atoms with E-state index in [2.05, 4.69) is 33.0 Å². The van der Waals surface area contributed by atoms with E-state index in [1.165, 1.54) is 4.88 Å². The molecule has 2 atom stereocenters. The normalized spacial score (nSPS) is 19.3. The van der Waals surface area contributed by atoms with Crippen LogP contribution in [0, 0.1) is 6.92 Å². The Labute approximate surface area is 160 Å². The van der Waals surface area contributed by atoms with Gasteiger partial charge in [0.1, 0.15) is 0 Å². The number of sulfonamides is 1. The lowest BCUT2D eigenvalue weighted by atomic mass is 10.1. The first-order chi connectivity index (χ1) is 12.4. The molecule has 0 unspecified atom stereocenters. The zero-order chi connectivity index (χ0) is 18.7. The summed E-state index contributed by atoms with van der Waals surface area (Å²) in [6.45, 7) is 7.80. The first kappa shape index (κ1) is 19.5. The van der Waals surface area contributed by atoms with E-state index < -0.39 is 10.0 Å². The predicted molar refractivity (Wildman–Crippen MR) is 107 cm³/mol. The Balaban J connectivity index is 1.81. The molecule has 26 heavy (non-hydrogen) atoms. The van der Waals surface area contributed by atoms with E-state index in [1.54, 1.807) is 23.5 Å². The van der Waals surface area contributed by atoms with Crippen molar-refractivity contribution < 1.29 is 8.42 Å². The van der Waals surface area contributed by atoms with E-state index in [0.29, 0.717) is 4.90 Å². The van der Waals surface area contributed by atoms with Crippen LogP contribution in [0.3, 0.4) is 0 Å². The average Bonchev–Trinajstić information content (AvgIpc) is 3.11. The number of benzene rings is 1. The zero-order valence-electron chi connectivity index (χ0n) is 15.6. The number of hydrogen-bond acceptors (Lipinski definition) is 5. The second-order valence-corrected chi connectivity index (χ2v) is 9.72. The van der Waals surface area contributed by atoms with Gasteiger partial charge in [-0.15, -0.1) is 11.3 Å². The highest BCUT2D eigenvalue weighted by Crippen LogP contribution is 2.30. The molecule has 7 heteroatoms. The molecule has 0 amide bonds. The molecule has 0 radical (unpaired) electrons. The molecule has 0 aliphatic carbocycles. The minimum Gasteiger partial charge on any atom is -0.304 e.